The fourth-order valence-corrected chi connectivity index (χ4v) is 4.65. The molecule has 136 valence electrons. The predicted molar refractivity (Wildman–Crippen MR) is 93.5 cm³/mol. The first kappa shape index (κ1) is 16.7. The van der Waals surface area contributed by atoms with Gasteiger partial charge in [0.05, 0.1) is 39.1 Å². The van der Waals surface area contributed by atoms with E-state index in [-0.39, 0.29) is 23.9 Å². The van der Waals surface area contributed by atoms with E-state index in [0.29, 0.717) is 17.4 Å². The van der Waals surface area contributed by atoms with Gasteiger partial charge in [-0.15, -0.1) is 0 Å². The van der Waals surface area contributed by atoms with Crippen molar-refractivity contribution in [2.75, 3.05) is 21.3 Å². The van der Waals surface area contributed by atoms with E-state index in [1.165, 1.54) is 5.57 Å². The molecule has 0 unspecified atom stereocenters. The molecule has 25 heavy (non-hydrogen) atoms. The fraction of sp³-hybridized carbons (Fsp3) is 0.600. The van der Waals surface area contributed by atoms with Crippen molar-refractivity contribution in [3.8, 4) is 17.2 Å². The molecule has 0 aromatic heterocycles. The number of hydrogen-bond acceptors (Lipinski definition) is 5. The summed E-state index contributed by atoms with van der Waals surface area (Å²) in [7, 11) is 4.94. The van der Waals surface area contributed by atoms with Gasteiger partial charge >= 0.3 is 0 Å². The second-order valence-corrected chi connectivity index (χ2v) is 7.39. The van der Waals surface area contributed by atoms with Crippen LogP contribution in [0.5, 0.6) is 17.2 Å². The molecule has 0 radical (unpaired) electrons. The number of allylic oxidation sites excluding steroid dienone is 1. The van der Waals surface area contributed by atoms with Crippen molar-refractivity contribution >= 4 is 0 Å². The maximum Gasteiger partial charge on any atom is 0.166 e. The first-order chi connectivity index (χ1) is 12.0. The van der Waals surface area contributed by atoms with Gasteiger partial charge in [-0.2, -0.15) is 0 Å². The van der Waals surface area contributed by atoms with Crippen molar-refractivity contribution < 1.29 is 23.7 Å². The maximum atomic E-state index is 6.55. The predicted octanol–water partition coefficient (Wildman–Crippen LogP) is 3.67. The second-order valence-electron chi connectivity index (χ2n) is 7.39. The van der Waals surface area contributed by atoms with Crippen LogP contribution in [0.15, 0.2) is 23.8 Å². The lowest BCUT2D eigenvalue weighted by Crippen LogP contribution is -2.44. The van der Waals surface area contributed by atoms with E-state index in [4.69, 9.17) is 23.7 Å². The van der Waals surface area contributed by atoms with E-state index in [0.717, 1.165) is 24.2 Å². The second kappa shape index (κ2) is 5.92. The third kappa shape index (κ3) is 2.44. The van der Waals surface area contributed by atoms with E-state index >= 15 is 0 Å². The zero-order valence-corrected chi connectivity index (χ0v) is 15.5. The molecular formula is C20H26O5. The molecule has 0 amide bonds. The monoisotopic (exact) mass is 346 g/mol. The first-order valence-electron chi connectivity index (χ1n) is 8.80. The van der Waals surface area contributed by atoms with Crippen molar-refractivity contribution in [1.82, 2.24) is 0 Å². The van der Waals surface area contributed by atoms with Crippen LogP contribution in [0, 0.1) is 5.92 Å². The Morgan fingerprint density at radius 1 is 1.12 bits per heavy atom. The summed E-state index contributed by atoms with van der Waals surface area (Å²) in [5.41, 5.74) is 2.05. The number of hydrogen-bond donors (Lipinski definition) is 0. The van der Waals surface area contributed by atoms with Crippen LogP contribution in [0.2, 0.25) is 0 Å². The quantitative estimate of drug-likeness (QED) is 0.779. The normalized spacial score (nSPS) is 36.0. The largest absolute Gasteiger partial charge is 0.497 e. The summed E-state index contributed by atoms with van der Waals surface area (Å²) in [6.45, 7) is 4.36. The fourth-order valence-electron chi connectivity index (χ4n) is 4.65. The molecule has 1 aromatic carbocycles. The molecule has 2 heterocycles. The van der Waals surface area contributed by atoms with Gasteiger partial charge in [0.25, 0.3) is 0 Å². The van der Waals surface area contributed by atoms with Crippen LogP contribution in [-0.2, 0) is 9.47 Å². The number of benzene rings is 1. The summed E-state index contributed by atoms with van der Waals surface area (Å²) < 4.78 is 29.6. The van der Waals surface area contributed by atoms with E-state index < -0.39 is 0 Å². The average molecular weight is 346 g/mol. The van der Waals surface area contributed by atoms with E-state index in [1.807, 2.05) is 12.1 Å². The van der Waals surface area contributed by atoms with Gasteiger partial charge in [0.15, 0.2) is 11.5 Å². The van der Waals surface area contributed by atoms with Crippen LogP contribution < -0.4 is 14.2 Å². The van der Waals surface area contributed by atoms with Gasteiger partial charge in [0.1, 0.15) is 11.9 Å². The van der Waals surface area contributed by atoms with Gasteiger partial charge in [-0.05, 0) is 31.9 Å². The standard InChI is InChI=1S/C20H26O5/c1-11-6-7-14-19-17(11)25-20(14,2)10-16(24-19)13-8-12(21-3)9-15(22-4)18(13)23-5/h6,8-9,14,16-17,19H,7,10H2,1-5H3/t14-,16+,17+,19-,20-/m1/s1. The van der Waals surface area contributed by atoms with Crippen LogP contribution in [0.1, 0.15) is 38.4 Å². The molecule has 5 nitrogen and oxygen atoms in total. The van der Waals surface area contributed by atoms with E-state index in [2.05, 4.69) is 19.9 Å². The molecule has 4 bridgehead atoms. The Labute approximate surface area is 148 Å². The zero-order chi connectivity index (χ0) is 17.8. The van der Waals surface area contributed by atoms with E-state index in [9.17, 15) is 0 Å². The molecule has 0 N–H and O–H groups in total. The van der Waals surface area contributed by atoms with Crippen molar-refractivity contribution in [1.29, 1.82) is 0 Å². The van der Waals surface area contributed by atoms with Crippen molar-refractivity contribution in [3.05, 3.63) is 29.3 Å². The van der Waals surface area contributed by atoms with Gasteiger partial charge in [0.2, 0.25) is 0 Å². The van der Waals surface area contributed by atoms with E-state index in [1.54, 1.807) is 21.3 Å². The average Bonchev–Trinajstić information content (AvgIpc) is 2.73. The highest BCUT2D eigenvalue weighted by Crippen LogP contribution is 2.56. The van der Waals surface area contributed by atoms with Gasteiger partial charge in [0, 0.05) is 24.0 Å². The van der Waals surface area contributed by atoms with Crippen molar-refractivity contribution in [3.63, 3.8) is 0 Å². The molecule has 0 spiro atoms. The van der Waals surface area contributed by atoms with Gasteiger partial charge in [-0.3, -0.25) is 0 Å². The minimum absolute atomic E-state index is 0.0623. The van der Waals surface area contributed by atoms with Crippen molar-refractivity contribution in [2.45, 2.75) is 50.6 Å². The molecule has 0 saturated carbocycles. The van der Waals surface area contributed by atoms with Crippen LogP contribution in [0.3, 0.4) is 0 Å². The Balaban J connectivity index is 1.74. The summed E-state index contributed by atoms with van der Waals surface area (Å²) in [6, 6.07) is 3.82. The maximum absolute atomic E-state index is 6.55. The number of methoxy groups -OCH3 is 3. The lowest BCUT2D eigenvalue weighted by molar-refractivity contribution is -0.104. The van der Waals surface area contributed by atoms with Crippen LogP contribution in [0.4, 0.5) is 0 Å². The third-order valence-corrected chi connectivity index (χ3v) is 5.99. The summed E-state index contributed by atoms with van der Waals surface area (Å²) in [5, 5.41) is 0. The Kier molecular flexibility index (Phi) is 3.96. The minimum atomic E-state index is -0.187. The van der Waals surface area contributed by atoms with Crippen molar-refractivity contribution in [2.24, 2.45) is 5.92 Å². The Morgan fingerprint density at radius 3 is 2.60 bits per heavy atom. The molecule has 2 fully saturated rings. The molecule has 5 heteroatoms. The van der Waals surface area contributed by atoms with Gasteiger partial charge < -0.3 is 23.7 Å². The summed E-state index contributed by atoms with van der Waals surface area (Å²) >= 11 is 0. The molecule has 2 aliphatic heterocycles. The third-order valence-electron chi connectivity index (χ3n) is 5.99. The summed E-state index contributed by atoms with van der Waals surface area (Å²) in [5.74, 6) is 2.50. The highest BCUT2D eigenvalue weighted by molar-refractivity contribution is 5.53. The number of ether oxygens (including phenoxy) is 5. The lowest BCUT2D eigenvalue weighted by atomic mass is 9.74. The summed E-state index contributed by atoms with van der Waals surface area (Å²) in [4.78, 5) is 0. The number of rotatable bonds is 4. The summed E-state index contributed by atoms with van der Waals surface area (Å²) in [6.07, 6.45) is 4.16. The van der Waals surface area contributed by atoms with Crippen LogP contribution >= 0.6 is 0 Å². The molecule has 3 aliphatic rings. The Hall–Kier alpha value is -1.72. The molecule has 2 saturated heterocycles. The molecule has 1 aliphatic carbocycles. The highest BCUT2D eigenvalue weighted by atomic mass is 16.6. The molecule has 1 aromatic rings. The lowest BCUT2D eigenvalue weighted by Gasteiger charge is -2.41. The zero-order valence-electron chi connectivity index (χ0n) is 15.5. The Bertz CT molecular complexity index is 712. The van der Waals surface area contributed by atoms with Gasteiger partial charge in [-0.25, -0.2) is 0 Å². The first-order valence-corrected chi connectivity index (χ1v) is 8.80. The van der Waals surface area contributed by atoms with Crippen LogP contribution in [-0.4, -0.2) is 39.1 Å². The topological polar surface area (TPSA) is 46.2 Å². The molecular weight excluding hydrogens is 320 g/mol. The smallest absolute Gasteiger partial charge is 0.166 e. The Morgan fingerprint density at radius 2 is 1.92 bits per heavy atom. The van der Waals surface area contributed by atoms with Gasteiger partial charge in [-0.1, -0.05) is 6.08 Å². The minimum Gasteiger partial charge on any atom is -0.497 e. The molecule has 4 rings (SSSR count). The molecule has 5 atom stereocenters. The highest BCUT2D eigenvalue weighted by Gasteiger charge is 2.59. The van der Waals surface area contributed by atoms with Crippen LogP contribution in [0.25, 0.3) is 0 Å². The SMILES string of the molecule is COc1cc(OC)c(OC)c([C@@H]2C[C@@]3(C)O[C@H]4C(C)=CC[C@@H]3[C@H]4O2)c1.